The third kappa shape index (κ3) is 4.53. The van der Waals surface area contributed by atoms with Crippen molar-refractivity contribution in [2.45, 2.75) is 32.6 Å². The number of hydrogen-bond acceptors (Lipinski definition) is 4. The fourth-order valence-electron chi connectivity index (χ4n) is 2.46. The second kappa shape index (κ2) is 7.91. The zero-order valence-electron chi connectivity index (χ0n) is 14.7. The lowest BCUT2D eigenvalue weighted by atomic mass is 10.0. The van der Waals surface area contributed by atoms with Crippen LogP contribution in [0.15, 0.2) is 52.9 Å². The first-order valence-corrected chi connectivity index (χ1v) is 8.49. The molecule has 0 fully saturated rings. The molecule has 134 valence electrons. The fourth-order valence-corrected chi connectivity index (χ4v) is 2.46. The Morgan fingerprint density at radius 2 is 1.77 bits per heavy atom. The summed E-state index contributed by atoms with van der Waals surface area (Å²) in [6, 6.07) is 13.6. The van der Waals surface area contributed by atoms with Crippen molar-refractivity contribution in [2.75, 3.05) is 5.32 Å². The van der Waals surface area contributed by atoms with Gasteiger partial charge in [-0.1, -0.05) is 26.0 Å². The molecular weight excluding hydrogens is 333 g/mol. The van der Waals surface area contributed by atoms with Crippen molar-refractivity contribution in [1.29, 1.82) is 0 Å². The Morgan fingerprint density at radius 3 is 2.42 bits per heavy atom. The predicted molar refractivity (Wildman–Crippen MR) is 97.2 cm³/mol. The normalized spacial score (nSPS) is 10.9. The highest BCUT2D eigenvalue weighted by Gasteiger charge is 2.11. The minimum atomic E-state index is -0.327. The minimum Gasteiger partial charge on any atom is -0.421 e. The van der Waals surface area contributed by atoms with Gasteiger partial charge in [-0.15, -0.1) is 10.2 Å². The molecule has 3 rings (SSSR count). The lowest BCUT2D eigenvalue weighted by Gasteiger charge is -2.08. The quantitative estimate of drug-likeness (QED) is 0.705. The lowest BCUT2D eigenvalue weighted by molar-refractivity contribution is -0.116. The molecule has 0 bridgehead atoms. The first-order chi connectivity index (χ1) is 12.5. The smallest absolute Gasteiger partial charge is 0.247 e. The van der Waals surface area contributed by atoms with E-state index in [1.807, 2.05) is 24.3 Å². The van der Waals surface area contributed by atoms with Crippen molar-refractivity contribution in [1.82, 2.24) is 10.2 Å². The van der Waals surface area contributed by atoms with Crippen molar-refractivity contribution < 1.29 is 13.6 Å². The average molecular weight is 353 g/mol. The molecule has 1 N–H and O–H groups in total. The van der Waals surface area contributed by atoms with Gasteiger partial charge in [0.25, 0.3) is 0 Å². The second-order valence-corrected chi connectivity index (χ2v) is 6.33. The molecule has 0 aliphatic rings. The third-order valence-corrected chi connectivity index (χ3v) is 3.99. The number of anilines is 1. The standard InChI is InChI=1S/C20H20FN3O2/c1-13(2)14-5-9-17(10-6-14)22-18(25)11-12-19-23-24-20(26-19)15-3-7-16(21)8-4-15/h3-10,13H,11-12H2,1-2H3,(H,22,25). The molecule has 0 saturated carbocycles. The summed E-state index contributed by atoms with van der Waals surface area (Å²) in [6.07, 6.45) is 0.571. The second-order valence-electron chi connectivity index (χ2n) is 6.33. The van der Waals surface area contributed by atoms with Crippen molar-refractivity contribution in [2.24, 2.45) is 0 Å². The van der Waals surface area contributed by atoms with Crippen LogP contribution in [-0.4, -0.2) is 16.1 Å². The van der Waals surface area contributed by atoms with E-state index in [1.54, 1.807) is 12.1 Å². The molecule has 0 atom stereocenters. The van der Waals surface area contributed by atoms with E-state index >= 15 is 0 Å². The molecule has 2 aromatic carbocycles. The summed E-state index contributed by atoms with van der Waals surface area (Å²) in [6.45, 7) is 4.25. The van der Waals surface area contributed by atoms with Crippen LogP contribution in [0, 0.1) is 5.82 Å². The number of nitrogens with zero attached hydrogens (tertiary/aromatic N) is 2. The molecule has 0 spiro atoms. The molecule has 0 saturated heterocycles. The molecule has 0 radical (unpaired) electrons. The van der Waals surface area contributed by atoms with Gasteiger partial charge in [-0.2, -0.15) is 0 Å². The number of benzene rings is 2. The highest BCUT2D eigenvalue weighted by Crippen LogP contribution is 2.19. The van der Waals surface area contributed by atoms with Gasteiger partial charge in [0, 0.05) is 24.1 Å². The fraction of sp³-hybridized carbons (Fsp3) is 0.250. The highest BCUT2D eigenvalue weighted by molar-refractivity contribution is 5.90. The first-order valence-electron chi connectivity index (χ1n) is 8.49. The van der Waals surface area contributed by atoms with Gasteiger partial charge in [-0.05, 0) is 47.9 Å². The Kier molecular flexibility index (Phi) is 5.41. The number of halogens is 1. The van der Waals surface area contributed by atoms with E-state index < -0.39 is 0 Å². The van der Waals surface area contributed by atoms with Gasteiger partial charge in [0.2, 0.25) is 17.7 Å². The van der Waals surface area contributed by atoms with Crippen LogP contribution >= 0.6 is 0 Å². The number of amides is 1. The van der Waals surface area contributed by atoms with Crippen LogP contribution in [-0.2, 0) is 11.2 Å². The van der Waals surface area contributed by atoms with Crippen LogP contribution < -0.4 is 5.32 Å². The van der Waals surface area contributed by atoms with Crippen molar-refractivity contribution in [3.8, 4) is 11.5 Å². The zero-order valence-corrected chi connectivity index (χ0v) is 14.7. The maximum atomic E-state index is 12.9. The topological polar surface area (TPSA) is 68.0 Å². The van der Waals surface area contributed by atoms with E-state index in [9.17, 15) is 9.18 Å². The Morgan fingerprint density at radius 1 is 1.08 bits per heavy atom. The SMILES string of the molecule is CC(C)c1ccc(NC(=O)CCc2nnc(-c3ccc(F)cc3)o2)cc1. The Bertz CT molecular complexity index is 871. The summed E-state index contributed by atoms with van der Waals surface area (Å²) in [4.78, 5) is 12.1. The molecule has 1 heterocycles. The minimum absolute atomic E-state index is 0.121. The van der Waals surface area contributed by atoms with E-state index in [0.29, 0.717) is 29.7 Å². The number of aromatic nitrogens is 2. The van der Waals surface area contributed by atoms with E-state index in [-0.39, 0.29) is 18.1 Å². The van der Waals surface area contributed by atoms with Gasteiger partial charge in [0.1, 0.15) is 5.82 Å². The molecule has 6 heteroatoms. The van der Waals surface area contributed by atoms with E-state index in [2.05, 4.69) is 29.4 Å². The Labute approximate surface area is 151 Å². The van der Waals surface area contributed by atoms with Gasteiger partial charge in [-0.3, -0.25) is 4.79 Å². The Balaban J connectivity index is 1.54. The van der Waals surface area contributed by atoms with Gasteiger partial charge in [0.05, 0.1) is 0 Å². The van der Waals surface area contributed by atoms with E-state index in [0.717, 1.165) is 5.69 Å². The van der Waals surface area contributed by atoms with Gasteiger partial charge in [0.15, 0.2) is 0 Å². The molecule has 0 aliphatic heterocycles. The van der Waals surface area contributed by atoms with Crippen LogP contribution in [0.2, 0.25) is 0 Å². The average Bonchev–Trinajstić information content (AvgIpc) is 3.10. The summed E-state index contributed by atoms with van der Waals surface area (Å²) < 4.78 is 18.5. The molecule has 5 nitrogen and oxygen atoms in total. The summed E-state index contributed by atoms with van der Waals surface area (Å²) >= 11 is 0. The van der Waals surface area contributed by atoms with E-state index in [4.69, 9.17) is 4.42 Å². The highest BCUT2D eigenvalue weighted by atomic mass is 19.1. The van der Waals surface area contributed by atoms with Crippen LogP contribution in [0.1, 0.15) is 37.6 Å². The zero-order chi connectivity index (χ0) is 18.5. The lowest BCUT2D eigenvalue weighted by Crippen LogP contribution is -2.12. The number of carbonyl (C=O) groups is 1. The van der Waals surface area contributed by atoms with Gasteiger partial charge >= 0.3 is 0 Å². The van der Waals surface area contributed by atoms with Crippen LogP contribution in [0.25, 0.3) is 11.5 Å². The maximum absolute atomic E-state index is 12.9. The summed E-state index contributed by atoms with van der Waals surface area (Å²) in [7, 11) is 0. The summed E-state index contributed by atoms with van der Waals surface area (Å²) in [5, 5.41) is 10.7. The van der Waals surface area contributed by atoms with Gasteiger partial charge < -0.3 is 9.73 Å². The monoisotopic (exact) mass is 353 g/mol. The molecule has 1 amide bonds. The molecule has 3 aromatic rings. The number of rotatable bonds is 6. The number of nitrogens with one attached hydrogen (secondary N) is 1. The van der Waals surface area contributed by atoms with E-state index in [1.165, 1.54) is 17.7 Å². The molecular formula is C20H20FN3O2. The third-order valence-electron chi connectivity index (χ3n) is 3.99. The van der Waals surface area contributed by atoms with Crippen LogP contribution in [0.5, 0.6) is 0 Å². The first kappa shape index (κ1) is 17.8. The molecule has 1 aromatic heterocycles. The summed E-state index contributed by atoms with van der Waals surface area (Å²) in [5.41, 5.74) is 2.62. The van der Waals surface area contributed by atoms with Crippen LogP contribution in [0.3, 0.4) is 0 Å². The Hall–Kier alpha value is -3.02. The number of carbonyl (C=O) groups excluding carboxylic acids is 1. The van der Waals surface area contributed by atoms with Crippen LogP contribution in [0.4, 0.5) is 10.1 Å². The maximum Gasteiger partial charge on any atom is 0.247 e. The van der Waals surface area contributed by atoms with Gasteiger partial charge in [-0.25, -0.2) is 4.39 Å². The summed E-state index contributed by atoms with van der Waals surface area (Å²) in [5.74, 6) is 0.683. The largest absolute Gasteiger partial charge is 0.421 e. The predicted octanol–water partition coefficient (Wildman–Crippen LogP) is 4.57. The molecule has 0 unspecified atom stereocenters. The van der Waals surface area contributed by atoms with Crippen molar-refractivity contribution in [3.63, 3.8) is 0 Å². The van der Waals surface area contributed by atoms with Crippen molar-refractivity contribution in [3.05, 3.63) is 65.8 Å². The molecule has 26 heavy (non-hydrogen) atoms. The van der Waals surface area contributed by atoms with Crippen molar-refractivity contribution >= 4 is 11.6 Å². The molecule has 0 aliphatic carbocycles. The number of aryl methyl sites for hydroxylation is 1. The number of hydrogen-bond donors (Lipinski definition) is 1.